The molecule has 5 heteroatoms. The molecule has 2 aromatic carbocycles. The molecule has 0 aromatic heterocycles. The number of amides is 1. The van der Waals surface area contributed by atoms with Crippen molar-refractivity contribution < 1.29 is 14.7 Å². The van der Waals surface area contributed by atoms with E-state index in [4.69, 9.17) is 0 Å². The summed E-state index contributed by atoms with van der Waals surface area (Å²) in [5.74, 6) is -2.19. The molecule has 4 nitrogen and oxygen atoms in total. The van der Waals surface area contributed by atoms with Crippen molar-refractivity contribution in [2.45, 2.75) is 12.3 Å². The predicted molar refractivity (Wildman–Crippen MR) is 84.2 cm³/mol. The fourth-order valence-electron chi connectivity index (χ4n) is 2.00. The van der Waals surface area contributed by atoms with Gasteiger partial charge in [0.05, 0.1) is 5.92 Å². The first kappa shape index (κ1) is 15.3. The molecule has 2 rings (SSSR count). The Balaban J connectivity index is 2.07. The fraction of sp³-hybridized carbons (Fsp3) is 0.125. The molecule has 2 aromatic rings. The van der Waals surface area contributed by atoms with Crippen molar-refractivity contribution in [1.82, 2.24) is 0 Å². The first-order chi connectivity index (χ1) is 10.1. The lowest BCUT2D eigenvalue weighted by atomic mass is 9.95. The normalized spacial score (nSPS) is 11.7. The zero-order valence-electron chi connectivity index (χ0n) is 11.1. The molecule has 108 valence electrons. The zero-order chi connectivity index (χ0) is 15.2. The summed E-state index contributed by atoms with van der Waals surface area (Å²) in [6, 6.07) is 15.9. The molecule has 0 bridgehead atoms. The van der Waals surface area contributed by atoms with Gasteiger partial charge < -0.3 is 10.4 Å². The largest absolute Gasteiger partial charge is 0.481 e. The molecule has 1 atom stereocenters. The highest BCUT2D eigenvalue weighted by atomic mass is 79.9. The average Bonchev–Trinajstić information content (AvgIpc) is 2.45. The van der Waals surface area contributed by atoms with E-state index in [-0.39, 0.29) is 12.3 Å². The van der Waals surface area contributed by atoms with Crippen LogP contribution in [0.25, 0.3) is 0 Å². The van der Waals surface area contributed by atoms with Crippen LogP contribution in [0.2, 0.25) is 0 Å². The second-order valence-electron chi connectivity index (χ2n) is 4.56. The smallest absolute Gasteiger partial charge is 0.311 e. The van der Waals surface area contributed by atoms with Crippen molar-refractivity contribution in [1.29, 1.82) is 0 Å². The highest BCUT2D eigenvalue weighted by Gasteiger charge is 2.23. The number of benzene rings is 2. The molecule has 0 radical (unpaired) electrons. The molecule has 0 aliphatic heterocycles. The fourth-order valence-corrected chi connectivity index (χ4v) is 2.40. The van der Waals surface area contributed by atoms with E-state index >= 15 is 0 Å². The molecule has 0 heterocycles. The highest BCUT2D eigenvalue weighted by Crippen LogP contribution is 2.21. The summed E-state index contributed by atoms with van der Waals surface area (Å²) < 4.78 is 0.846. The van der Waals surface area contributed by atoms with E-state index in [1.807, 2.05) is 12.1 Å². The Kier molecular flexibility index (Phi) is 5.11. The number of carbonyl (C=O) groups excluding carboxylic acids is 1. The molecule has 0 saturated heterocycles. The lowest BCUT2D eigenvalue weighted by Gasteiger charge is -2.13. The third-order valence-corrected chi connectivity index (χ3v) is 3.49. The number of carboxylic acid groups (broad SMARTS) is 1. The minimum absolute atomic E-state index is 0.105. The summed E-state index contributed by atoms with van der Waals surface area (Å²) >= 11 is 3.32. The van der Waals surface area contributed by atoms with Gasteiger partial charge in [-0.25, -0.2) is 0 Å². The second kappa shape index (κ2) is 7.04. The zero-order valence-corrected chi connectivity index (χ0v) is 12.7. The summed E-state index contributed by atoms with van der Waals surface area (Å²) in [6.45, 7) is 0. The molecule has 1 amide bonds. The lowest BCUT2D eigenvalue weighted by Crippen LogP contribution is -2.20. The van der Waals surface area contributed by atoms with Crippen molar-refractivity contribution in [2.24, 2.45) is 0 Å². The standard InChI is InChI=1S/C16H14BrNO3/c17-12-7-4-8-13(9-12)18-15(19)10-14(16(20)21)11-5-2-1-3-6-11/h1-9,14H,10H2,(H,18,19)(H,20,21)/t14-/m0/s1. The van der Waals surface area contributed by atoms with Crippen molar-refractivity contribution in [3.63, 3.8) is 0 Å². The van der Waals surface area contributed by atoms with Crippen LogP contribution in [0.15, 0.2) is 59.1 Å². The minimum atomic E-state index is -1.01. The van der Waals surface area contributed by atoms with Gasteiger partial charge in [-0.15, -0.1) is 0 Å². The van der Waals surface area contributed by atoms with Crippen LogP contribution in [0.3, 0.4) is 0 Å². The van der Waals surface area contributed by atoms with Crippen LogP contribution in [0.4, 0.5) is 5.69 Å². The average molecular weight is 348 g/mol. The second-order valence-corrected chi connectivity index (χ2v) is 5.48. The van der Waals surface area contributed by atoms with Gasteiger partial charge in [-0.1, -0.05) is 52.3 Å². The van der Waals surface area contributed by atoms with Crippen LogP contribution < -0.4 is 5.32 Å². The molecule has 2 N–H and O–H groups in total. The van der Waals surface area contributed by atoms with Crippen molar-refractivity contribution in [3.05, 3.63) is 64.6 Å². The summed E-state index contributed by atoms with van der Waals surface area (Å²) in [6.07, 6.45) is -0.105. The Morgan fingerprint density at radius 1 is 1.10 bits per heavy atom. The highest BCUT2D eigenvalue weighted by molar-refractivity contribution is 9.10. The van der Waals surface area contributed by atoms with Gasteiger partial charge in [0.1, 0.15) is 0 Å². The van der Waals surface area contributed by atoms with E-state index in [9.17, 15) is 14.7 Å². The number of hydrogen-bond donors (Lipinski definition) is 2. The van der Waals surface area contributed by atoms with Gasteiger partial charge >= 0.3 is 5.97 Å². The quantitative estimate of drug-likeness (QED) is 0.867. The third kappa shape index (κ3) is 4.43. The lowest BCUT2D eigenvalue weighted by molar-refractivity contribution is -0.140. The summed E-state index contributed by atoms with van der Waals surface area (Å²) in [4.78, 5) is 23.4. The molecule has 21 heavy (non-hydrogen) atoms. The van der Waals surface area contributed by atoms with Crippen molar-refractivity contribution >= 4 is 33.5 Å². The maximum atomic E-state index is 12.0. The van der Waals surface area contributed by atoms with Gasteiger partial charge in [0.25, 0.3) is 0 Å². The Morgan fingerprint density at radius 2 is 1.81 bits per heavy atom. The van der Waals surface area contributed by atoms with Gasteiger partial charge in [-0.2, -0.15) is 0 Å². The molecular formula is C16H14BrNO3. The number of aliphatic carboxylic acids is 1. The molecule has 0 fully saturated rings. The monoisotopic (exact) mass is 347 g/mol. The Morgan fingerprint density at radius 3 is 2.43 bits per heavy atom. The molecule has 0 unspecified atom stereocenters. The number of halogens is 1. The van der Waals surface area contributed by atoms with E-state index in [0.29, 0.717) is 11.3 Å². The first-order valence-electron chi connectivity index (χ1n) is 6.39. The SMILES string of the molecule is O=C(C[C@H](C(=O)O)c1ccccc1)Nc1cccc(Br)c1. The number of hydrogen-bond acceptors (Lipinski definition) is 2. The van der Waals surface area contributed by atoms with Crippen molar-refractivity contribution in [3.8, 4) is 0 Å². The Labute approximate surface area is 130 Å². The summed E-state index contributed by atoms with van der Waals surface area (Å²) in [5.41, 5.74) is 1.25. The Hall–Kier alpha value is -2.14. The number of rotatable bonds is 5. The van der Waals surface area contributed by atoms with Crippen molar-refractivity contribution in [2.75, 3.05) is 5.32 Å². The number of carbonyl (C=O) groups is 2. The topological polar surface area (TPSA) is 66.4 Å². The van der Waals surface area contributed by atoms with E-state index in [1.165, 1.54) is 0 Å². The minimum Gasteiger partial charge on any atom is -0.481 e. The van der Waals surface area contributed by atoms with Gasteiger partial charge in [0, 0.05) is 16.6 Å². The number of anilines is 1. The van der Waals surface area contributed by atoms with Gasteiger partial charge in [-0.05, 0) is 23.8 Å². The number of carboxylic acids is 1. The van der Waals surface area contributed by atoms with E-state index in [1.54, 1.807) is 42.5 Å². The van der Waals surface area contributed by atoms with E-state index in [2.05, 4.69) is 21.2 Å². The van der Waals surface area contributed by atoms with Gasteiger partial charge in [-0.3, -0.25) is 9.59 Å². The molecule has 0 spiro atoms. The van der Waals surface area contributed by atoms with Crippen LogP contribution in [0.5, 0.6) is 0 Å². The first-order valence-corrected chi connectivity index (χ1v) is 7.19. The van der Waals surface area contributed by atoms with Crippen LogP contribution in [-0.2, 0) is 9.59 Å². The van der Waals surface area contributed by atoms with Crippen LogP contribution in [-0.4, -0.2) is 17.0 Å². The predicted octanol–water partition coefficient (Wildman–Crippen LogP) is 3.65. The van der Waals surface area contributed by atoms with Crippen LogP contribution >= 0.6 is 15.9 Å². The summed E-state index contributed by atoms with van der Waals surface area (Å²) in [5, 5.41) is 12.0. The maximum Gasteiger partial charge on any atom is 0.311 e. The molecular weight excluding hydrogens is 334 g/mol. The molecule has 0 aliphatic carbocycles. The third-order valence-electron chi connectivity index (χ3n) is 3.00. The van der Waals surface area contributed by atoms with Gasteiger partial charge in [0.2, 0.25) is 5.91 Å². The summed E-state index contributed by atoms with van der Waals surface area (Å²) in [7, 11) is 0. The van der Waals surface area contributed by atoms with Crippen LogP contribution in [0.1, 0.15) is 17.9 Å². The van der Waals surface area contributed by atoms with Crippen LogP contribution in [0, 0.1) is 0 Å². The molecule has 0 aliphatic rings. The Bertz CT molecular complexity index is 643. The van der Waals surface area contributed by atoms with Gasteiger partial charge in [0.15, 0.2) is 0 Å². The van der Waals surface area contributed by atoms with E-state index < -0.39 is 11.9 Å². The van der Waals surface area contributed by atoms with E-state index in [0.717, 1.165) is 4.47 Å². The number of nitrogens with one attached hydrogen (secondary N) is 1. The maximum absolute atomic E-state index is 12.0. The molecule has 0 saturated carbocycles.